The monoisotopic (exact) mass is 518 g/mol. The van der Waals surface area contributed by atoms with Crippen molar-refractivity contribution in [1.29, 1.82) is 0 Å². The molecule has 5 rings (SSSR count). The number of thiophene rings is 4. The smallest absolute Gasteiger partial charge is 0.348 e. The first-order valence-electron chi connectivity index (χ1n) is 9.49. The molecule has 5 heterocycles. The highest BCUT2D eigenvalue weighted by molar-refractivity contribution is 7.30. The SMILES string of the molecule is COC(=O)c1cc2sc(C)c(C3=C(c4c(C)sc5cc(C(=O)OC)sc45)C(=O)OC3=O)c2s1. The van der Waals surface area contributed by atoms with E-state index in [1.807, 2.05) is 13.8 Å². The summed E-state index contributed by atoms with van der Waals surface area (Å²) in [5.74, 6) is -2.38. The fourth-order valence-electron chi connectivity index (χ4n) is 3.83. The number of ether oxygens (including phenoxy) is 3. The van der Waals surface area contributed by atoms with E-state index in [-0.39, 0.29) is 11.1 Å². The lowest BCUT2D eigenvalue weighted by Gasteiger charge is -2.04. The third-order valence-corrected chi connectivity index (χ3v) is 9.83. The molecule has 0 saturated heterocycles. The molecular formula is C22H14O7S4. The molecule has 7 nitrogen and oxygen atoms in total. The summed E-state index contributed by atoms with van der Waals surface area (Å²) in [5, 5.41) is 0. The van der Waals surface area contributed by atoms with Gasteiger partial charge in [-0.1, -0.05) is 0 Å². The summed E-state index contributed by atoms with van der Waals surface area (Å²) in [6.07, 6.45) is 0. The Bertz CT molecular complexity index is 1440. The lowest BCUT2D eigenvalue weighted by Crippen LogP contribution is -2.02. The number of carbonyl (C=O) groups excluding carboxylic acids is 4. The number of carbonyl (C=O) groups is 4. The van der Waals surface area contributed by atoms with E-state index in [9.17, 15) is 19.2 Å². The van der Waals surface area contributed by atoms with Crippen LogP contribution in [0.3, 0.4) is 0 Å². The first kappa shape index (κ1) is 22.0. The largest absolute Gasteiger partial charge is 0.465 e. The minimum Gasteiger partial charge on any atom is -0.465 e. The van der Waals surface area contributed by atoms with Crippen LogP contribution in [0.5, 0.6) is 0 Å². The highest BCUT2D eigenvalue weighted by Crippen LogP contribution is 2.49. The van der Waals surface area contributed by atoms with Crippen LogP contribution in [0.15, 0.2) is 12.1 Å². The van der Waals surface area contributed by atoms with Crippen molar-refractivity contribution in [3.05, 3.63) is 42.8 Å². The van der Waals surface area contributed by atoms with E-state index in [1.54, 1.807) is 12.1 Å². The number of hydrogen-bond donors (Lipinski definition) is 0. The maximum atomic E-state index is 12.9. The Kier molecular flexibility index (Phi) is 5.24. The molecule has 0 unspecified atom stereocenters. The lowest BCUT2D eigenvalue weighted by molar-refractivity contribution is -0.149. The second-order valence-electron chi connectivity index (χ2n) is 7.08. The van der Waals surface area contributed by atoms with Gasteiger partial charge in [-0.25, -0.2) is 19.2 Å². The van der Waals surface area contributed by atoms with Gasteiger partial charge in [0.05, 0.1) is 34.8 Å². The highest BCUT2D eigenvalue weighted by atomic mass is 32.1. The normalized spacial score (nSPS) is 13.9. The molecule has 33 heavy (non-hydrogen) atoms. The molecule has 0 spiro atoms. The Morgan fingerprint density at radius 1 is 0.727 bits per heavy atom. The van der Waals surface area contributed by atoms with Gasteiger partial charge in [-0.15, -0.1) is 45.3 Å². The zero-order chi connectivity index (χ0) is 23.6. The third kappa shape index (κ3) is 3.26. The number of hydrogen-bond acceptors (Lipinski definition) is 11. The summed E-state index contributed by atoms with van der Waals surface area (Å²) >= 11 is 5.28. The molecule has 0 aromatic carbocycles. The maximum absolute atomic E-state index is 12.9. The molecular weight excluding hydrogens is 505 g/mol. The van der Waals surface area contributed by atoms with Crippen LogP contribution in [0.2, 0.25) is 0 Å². The number of rotatable bonds is 4. The van der Waals surface area contributed by atoms with Crippen LogP contribution in [0.1, 0.15) is 40.2 Å². The number of esters is 4. The van der Waals surface area contributed by atoms with E-state index in [0.717, 1.165) is 28.6 Å². The summed E-state index contributed by atoms with van der Waals surface area (Å²) < 4.78 is 17.8. The molecule has 0 saturated carbocycles. The molecule has 0 aliphatic carbocycles. The van der Waals surface area contributed by atoms with Gasteiger partial charge in [0.15, 0.2) is 0 Å². The quantitative estimate of drug-likeness (QED) is 0.202. The van der Waals surface area contributed by atoms with Gasteiger partial charge in [-0.2, -0.15) is 0 Å². The molecule has 0 N–H and O–H groups in total. The van der Waals surface area contributed by atoms with E-state index in [1.165, 1.54) is 59.6 Å². The second kappa shape index (κ2) is 7.87. The Labute approximate surface area is 202 Å². The fraction of sp³-hybridized carbons (Fsp3) is 0.182. The molecule has 11 heteroatoms. The van der Waals surface area contributed by atoms with Crippen LogP contribution in [-0.2, 0) is 23.8 Å². The maximum Gasteiger partial charge on any atom is 0.348 e. The van der Waals surface area contributed by atoms with Crippen LogP contribution in [0.25, 0.3) is 29.9 Å². The minimum atomic E-state index is -0.727. The van der Waals surface area contributed by atoms with E-state index in [0.29, 0.717) is 20.9 Å². The average Bonchev–Trinajstić information content (AvgIpc) is 3.54. The van der Waals surface area contributed by atoms with Crippen LogP contribution >= 0.6 is 45.3 Å². The van der Waals surface area contributed by atoms with Gasteiger partial charge in [0.2, 0.25) is 0 Å². The third-order valence-electron chi connectivity index (χ3n) is 5.20. The standard InChI is InChI=1S/C22H14O7S4/c1-7-13(17-9(30-7)5-11(32-17)19(23)27-3)15-16(22(26)29-21(15)25)14-8(2)31-10-6-12(20(24)28-4)33-18(10)14/h5-6H,1-4H3. The molecule has 0 atom stereocenters. The summed E-state index contributed by atoms with van der Waals surface area (Å²) in [5.41, 5.74) is 1.53. The molecule has 4 aromatic rings. The van der Waals surface area contributed by atoms with Crippen molar-refractivity contribution in [2.24, 2.45) is 0 Å². The van der Waals surface area contributed by atoms with Gasteiger partial charge < -0.3 is 14.2 Å². The molecule has 168 valence electrons. The summed E-state index contributed by atoms with van der Waals surface area (Å²) in [6, 6.07) is 3.45. The van der Waals surface area contributed by atoms with E-state index in [2.05, 4.69) is 0 Å². The van der Waals surface area contributed by atoms with Crippen molar-refractivity contribution in [3.8, 4) is 0 Å². The van der Waals surface area contributed by atoms with Crippen LogP contribution in [0, 0.1) is 13.8 Å². The Hall–Kier alpha value is -2.86. The summed E-state index contributed by atoms with van der Waals surface area (Å²) in [6.45, 7) is 3.73. The average molecular weight is 519 g/mol. The van der Waals surface area contributed by atoms with E-state index >= 15 is 0 Å². The predicted octanol–water partition coefficient (Wildman–Crippen LogP) is 5.42. The lowest BCUT2D eigenvalue weighted by atomic mass is 9.97. The van der Waals surface area contributed by atoms with E-state index in [4.69, 9.17) is 14.2 Å². The first-order chi connectivity index (χ1) is 15.7. The molecule has 1 aliphatic heterocycles. The van der Waals surface area contributed by atoms with Gasteiger partial charge in [0.1, 0.15) is 9.75 Å². The summed E-state index contributed by atoms with van der Waals surface area (Å²) in [4.78, 5) is 52.4. The molecule has 0 fully saturated rings. The predicted molar refractivity (Wildman–Crippen MR) is 129 cm³/mol. The van der Waals surface area contributed by atoms with Crippen LogP contribution < -0.4 is 0 Å². The Morgan fingerprint density at radius 3 is 1.48 bits per heavy atom. The first-order valence-corrected chi connectivity index (χ1v) is 12.8. The van der Waals surface area contributed by atoms with Gasteiger partial charge in [-0.05, 0) is 26.0 Å². The Balaban J connectivity index is 1.80. The van der Waals surface area contributed by atoms with Gasteiger partial charge in [0.25, 0.3) is 0 Å². The number of fused-ring (bicyclic) bond motifs is 2. The number of cyclic esters (lactones) is 2. The van der Waals surface area contributed by atoms with Crippen molar-refractivity contribution in [1.82, 2.24) is 0 Å². The minimum absolute atomic E-state index is 0.179. The van der Waals surface area contributed by atoms with Gasteiger partial charge >= 0.3 is 23.9 Å². The summed E-state index contributed by atoms with van der Waals surface area (Å²) in [7, 11) is 2.62. The van der Waals surface area contributed by atoms with E-state index < -0.39 is 23.9 Å². The van der Waals surface area contributed by atoms with Crippen LogP contribution in [-0.4, -0.2) is 38.1 Å². The van der Waals surface area contributed by atoms with Crippen LogP contribution in [0.4, 0.5) is 0 Å². The molecule has 0 amide bonds. The van der Waals surface area contributed by atoms with Gasteiger partial charge in [-0.3, -0.25) is 0 Å². The molecule has 0 bridgehead atoms. The Morgan fingerprint density at radius 2 is 1.12 bits per heavy atom. The van der Waals surface area contributed by atoms with Crippen molar-refractivity contribution in [3.63, 3.8) is 0 Å². The number of aryl methyl sites for hydroxylation is 2. The van der Waals surface area contributed by atoms with Crippen molar-refractivity contribution >= 4 is 99.2 Å². The van der Waals surface area contributed by atoms with Crippen molar-refractivity contribution in [2.75, 3.05) is 14.2 Å². The zero-order valence-electron chi connectivity index (χ0n) is 17.6. The number of methoxy groups -OCH3 is 2. The van der Waals surface area contributed by atoms with Crippen molar-refractivity contribution in [2.45, 2.75) is 13.8 Å². The van der Waals surface area contributed by atoms with Crippen molar-refractivity contribution < 1.29 is 33.4 Å². The van der Waals surface area contributed by atoms with Gasteiger partial charge in [0, 0.05) is 30.3 Å². The topological polar surface area (TPSA) is 96.0 Å². The molecule has 4 aromatic heterocycles. The molecule has 1 aliphatic rings. The second-order valence-corrected chi connectivity index (χ2v) is 11.7. The fourth-order valence-corrected chi connectivity index (χ4v) is 8.78. The molecule has 0 radical (unpaired) electrons. The highest BCUT2D eigenvalue weighted by Gasteiger charge is 2.40. The zero-order valence-corrected chi connectivity index (χ0v) is 20.9.